The van der Waals surface area contributed by atoms with Crippen LogP contribution in [0, 0.1) is 62.5 Å². The number of nitrogens with zero attached hydrogens (tertiary/aromatic N) is 4. The molecule has 10 rings (SSSR count). The van der Waals surface area contributed by atoms with Crippen LogP contribution in [0.4, 0.5) is 0 Å². The molecule has 0 saturated heterocycles. The summed E-state index contributed by atoms with van der Waals surface area (Å²) in [5, 5.41) is 35.0. The summed E-state index contributed by atoms with van der Waals surface area (Å²) in [7, 11) is 0. The molecule has 0 saturated carbocycles. The Kier molecular flexibility index (Phi) is 66.0. The van der Waals surface area contributed by atoms with E-state index in [1.165, 1.54) is 14.4 Å². The number of aromatic carboxylic acids is 2. The first-order valence-electron chi connectivity index (χ1n) is 48.6. The van der Waals surface area contributed by atoms with Crippen LogP contribution in [0.3, 0.4) is 0 Å². The summed E-state index contributed by atoms with van der Waals surface area (Å²) in [5.41, 5.74) is 18.3. The highest BCUT2D eigenvalue weighted by Crippen LogP contribution is 2.27. The molecule has 0 atom stereocenters. The van der Waals surface area contributed by atoms with E-state index in [0.29, 0.717) is 119 Å². The number of benzene rings is 8. The van der Waals surface area contributed by atoms with E-state index in [1.807, 2.05) is 286 Å². The minimum absolute atomic E-state index is 0.0142. The fraction of sp³-hybridized carbons (Fsp3) is 0.379. The number of nitrogens with one attached hydrogen (secondary N) is 2. The van der Waals surface area contributed by atoms with Gasteiger partial charge >= 0.3 is 41.8 Å². The fourth-order valence-electron chi connectivity index (χ4n) is 14.0. The van der Waals surface area contributed by atoms with Crippen LogP contribution in [0.1, 0.15) is 294 Å². The Morgan fingerprint density at radius 3 is 0.946 bits per heavy atom. The topological polar surface area (TPSA) is 412 Å². The lowest BCUT2D eigenvalue weighted by Gasteiger charge is -2.27. The lowest BCUT2D eigenvalue weighted by molar-refractivity contribution is -0.145. The number of hydrogen-bond acceptors (Lipinski definition) is 23. The molecule has 33 heteroatoms. The zero-order valence-electron chi connectivity index (χ0n) is 91.0. The van der Waals surface area contributed by atoms with Crippen LogP contribution in [0.5, 0.6) is 0 Å². The predicted molar refractivity (Wildman–Crippen MR) is 615 cm³/mol. The molecule has 7 N–H and O–H groups in total. The summed E-state index contributed by atoms with van der Waals surface area (Å²) in [6, 6.07) is 48.3. The Bertz CT molecular complexity index is 5990. The van der Waals surface area contributed by atoms with Crippen LogP contribution >= 0.6 is 68.4 Å². The van der Waals surface area contributed by atoms with Crippen LogP contribution < -0.4 is 27.5 Å². The second-order valence-electron chi connectivity index (χ2n) is 35.2. The number of carbonyl (C=O) groups excluding carboxylic acids is 10. The van der Waals surface area contributed by atoms with Crippen molar-refractivity contribution in [2.75, 3.05) is 59.2 Å². The number of esters is 5. The Hall–Kier alpha value is -12.5. The van der Waals surface area contributed by atoms with Crippen LogP contribution in [0.25, 0.3) is 39.8 Å². The molecular formula is C116H151Cl2I2N7O22. The number of pyridine rings is 2. The Morgan fingerprint density at radius 2 is 0.678 bits per heavy atom. The van der Waals surface area contributed by atoms with Crippen LogP contribution in [-0.4, -0.2) is 194 Å². The van der Waals surface area contributed by atoms with Gasteiger partial charge < -0.3 is 69.7 Å². The van der Waals surface area contributed by atoms with Crippen molar-refractivity contribution in [2.24, 2.45) is 5.73 Å². The number of nitrogens with two attached hydrogens (primary N) is 1. The number of aryl methyl sites for hydroxylation is 8. The standard InChI is InChI=1S/C17H23NO3.C16H21NO4.C16H19NO3.C14H17NO2.2C10H9ClO.2C8H7IO2.2C7H15NO2.C3H9N/c1-6-14-10-8-9-13(5)16(14)17(20)18(12(3)4)11-15(19)21-7-2;1-5-21-14(19)9-17(11(2)3)16(20)15-12(4)7-6-8-13(15)10-18;1-5-20-16(19)13-9-12-8-6-7-11(4)14(12)15(18)17(13)10(2)3;1-9(2)15-12(8-16)7-11-6-4-5-10(3)13(11)14(15)17;2*1-3-8-6-4-5-7(2)9(8)10(11)12;2*1-5-3-2-4-6(9)7(5)8(10)11;2*1-4-10-7(9)5-8-6(2)3;1-3(2)4/h6,8-10,12H,1,7,11H2,2-5H3;6-8,10-11H,5,9H2,1-4H3;6-10H,5H2,1-4H3;4-7,9,16H,8H2,1-3H3;2*3-6H,1H2,2H3;2*2-4H,1H3,(H,10,11);2*6,8H,4-5H2,1-3H3;3H,4H2,1-2H3. The van der Waals surface area contributed by atoms with Crippen LogP contribution in [-0.2, 0) is 49.5 Å². The number of aromatic nitrogens is 2. The molecule has 2 aromatic heterocycles. The zero-order valence-corrected chi connectivity index (χ0v) is 96.9. The summed E-state index contributed by atoms with van der Waals surface area (Å²) in [5.74, 6) is -3.90. The van der Waals surface area contributed by atoms with E-state index >= 15 is 0 Å². The average molecular weight is 2320 g/mol. The van der Waals surface area contributed by atoms with Crippen LogP contribution in [0.15, 0.2) is 187 Å². The molecule has 810 valence electrons. The molecule has 0 radical (unpaired) electrons. The van der Waals surface area contributed by atoms with Crippen molar-refractivity contribution in [3.63, 3.8) is 0 Å². The number of aliphatic hydroxyl groups excluding tert-OH is 1. The first kappa shape index (κ1) is 137. The van der Waals surface area contributed by atoms with Gasteiger partial charge in [-0.15, -0.1) is 0 Å². The van der Waals surface area contributed by atoms with Crippen molar-refractivity contribution in [3.05, 3.63) is 317 Å². The first-order valence-corrected chi connectivity index (χ1v) is 51.5. The summed E-state index contributed by atoms with van der Waals surface area (Å²) >= 11 is 14.9. The maximum absolute atomic E-state index is 12.8. The number of hydrogen-bond donors (Lipinski definition) is 6. The number of aldehydes is 1. The first-order chi connectivity index (χ1) is 70.0. The van der Waals surface area contributed by atoms with Gasteiger partial charge in [-0.05, 0) is 316 Å². The van der Waals surface area contributed by atoms with E-state index in [0.717, 1.165) is 78.9 Å². The number of rotatable bonds is 31. The quantitative estimate of drug-likeness (QED) is 0.00772. The van der Waals surface area contributed by atoms with Crippen molar-refractivity contribution in [1.82, 2.24) is 29.6 Å². The van der Waals surface area contributed by atoms with Crippen molar-refractivity contribution >= 4 is 179 Å². The van der Waals surface area contributed by atoms with Gasteiger partial charge in [0.05, 0.1) is 80.2 Å². The highest BCUT2D eigenvalue weighted by atomic mass is 127. The van der Waals surface area contributed by atoms with Gasteiger partial charge in [0.1, 0.15) is 18.8 Å². The van der Waals surface area contributed by atoms with Gasteiger partial charge in [0.25, 0.3) is 33.4 Å². The van der Waals surface area contributed by atoms with Gasteiger partial charge in [0.2, 0.25) is 0 Å². The molecule has 8 aromatic carbocycles. The Labute approximate surface area is 915 Å². The molecule has 10 aromatic rings. The van der Waals surface area contributed by atoms with Crippen molar-refractivity contribution < 1.29 is 96.5 Å². The minimum atomic E-state index is -0.854. The van der Waals surface area contributed by atoms with E-state index in [1.54, 1.807) is 127 Å². The normalized spacial score (nSPS) is 10.2. The summed E-state index contributed by atoms with van der Waals surface area (Å²) in [6.07, 6.45) is 5.57. The number of amides is 2. The lowest BCUT2D eigenvalue weighted by atomic mass is 10.00. The number of halogens is 4. The van der Waals surface area contributed by atoms with Gasteiger partial charge in [-0.25, -0.2) is 14.4 Å². The maximum Gasteiger partial charge on any atom is 0.355 e. The molecular weight excluding hydrogens is 2170 g/mol. The van der Waals surface area contributed by atoms with Gasteiger partial charge in [0, 0.05) is 71.3 Å². The predicted octanol–water partition coefficient (Wildman–Crippen LogP) is 22.8. The highest BCUT2D eigenvalue weighted by Gasteiger charge is 2.29. The molecule has 0 aliphatic heterocycles. The number of fused-ring (bicyclic) bond motifs is 2. The van der Waals surface area contributed by atoms with E-state index in [2.05, 4.69) is 30.4 Å². The molecule has 0 fully saturated rings. The molecule has 2 amide bonds. The largest absolute Gasteiger partial charge is 0.478 e. The summed E-state index contributed by atoms with van der Waals surface area (Å²) in [6.45, 7) is 63.5. The number of carboxylic acids is 2. The fourth-order valence-corrected chi connectivity index (χ4v) is 16.2. The summed E-state index contributed by atoms with van der Waals surface area (Å²) in [4.78, 5) is 165. The van der Waals surface area contributed by atoms with E-state index in [-0.39, 0.29) is 91.9 Å². The smallest absolute Gasteiger partial charge is 0.355 e. The van der Waals surface area contributed by atoms with Gasteiger partial charge in [0.15, 0.2) is 6.29 Å². The van der Waals surface area contributed by atoms with Gasteiger partial charge in [-0.2, -0.15) is 0 Å². The second kappa shape index (κ2) is 72.0. The number of ether oxygens (including phenoxy) is 5. The van der Waals surface area contributed by atoms with E-state index < -0.39 is 40.3 Å². The Morgan fingerprint density at radius 1 is 0.403 bits per heavy atom. The van der Waals surface area contributed by atoms with E-state index in [4.69, 9.17) is 62.8 Å². The Balaban J connectivity index is 0.00000165. The van der Waals surface area contributed by atoms with Crippen molar-refractivity contribution in [1.29, 1.82) is 0 Å². The third-order valence-corrected chi connectivity index (χ3v) is 23.1. The van der Waals surface area contributed by atoms with Crippen LogP contribution in [0.2, 0.25) is 0 Å². The van der Waals surface area contributed by atoms with Gasteiger partial charge in [-0.1, -0.05) is 213 Å². The molecule has 0 aliphatic carbocycles. The molecule has 149 heavy (non-hydrogen) atoms. The third-order valence-electron chi connectivity index (χ3n) is 20.9. The maximum atomic E-state index is 12.8. The number of carbonyl (C=O) groups is 12. The summed E-state index contributed by atoms with van der Waals surface area (Å²) < 4.78 is 29.0. The van der Waals surface area contributed by atoms with E-state index in [9.17, 15) is 72.2 Å². The second-order valence-corrected chi connectivity index (χ2v) is 38.2. The third kappa shape index (κ3) is 47.1. The zero-order chi connectivity index (χ0) is 114. The minimum Gasteiger partial charge on any atom is -0.478 e. The molecule has 0 spiro atoms. The van der Waals surface area contributed by atoms with Crippen molar-refractivity contribution in [3.8, 4) is 0 Å². The molecule has 0 bridgehead atoms. The molecule has 0 aliphatic rings. The average Bonchev–Trinajstić information content (AvgIpc) is 0.773. The molecule has 2 heterocycles. The number of aliphatic hydroxyl groups is 1. The molecule has 29 nitrogen and oxygen atoms in total. The van der Waals surface area contributed by atoms with Gasteiger partial charge in [-0.3, -0.25) is 57.3 Å². The van der Waals surface area contributed by atoms with Crippen molar-refractivity contribution in [2.45, 2.75) is 236 Å². The monoisotopic (exact) mass is 2320 g/mol. The number of carboxylic acid groups (broad SMARTS) is 2. The highest BCUT2D eigenvalue weighted by molar-refractivity contribution is 14.1. The molecule has 0 unspecified atom stereocenters. The lowest BCUT2D eigenvalue weighted by Crippen LogP contribution is -2.42. The SMILES string of the molecule is C=Cc1cccc(C)c1C(=O)Cl.C=Cc1cccc(C)c1C(=O)Cl.C=Cc1cccc(C)c1C(=O)N(CC(=O)OCC)C(C)C.CC(C)N.CCOC(=O)CN(C(=O)c1c(C)cccc1C=O)C(C)C.CCOC(=O)CNC(C)C.CCOC(=O)CNC(C)C.CCOC(=O)c1cc2cccc(C)c2c(=O)n1C(C)C.Cc1cccc(I)c1C(=O)O.Cc1cccc(I)c1C(=O)O.Cc1cccc2cc(CO)n(C(C)C)c(=O)c12.